The molecule has 0 atom stereocenters. The van der Waals surface area contributed by atoms with Gasteiger partial charge in [-0.25, -0.2) is 4.79 Å². The highest BCUT2D eigenvalue weighted by atomic mass is 32.1. The minimum absolute atomic E-state index is 0.275. The van der Waals surface area contributed by atoms with Crippen molar-refractivity contribution in [1.29, 1.82) is 0 Å². The van der Waals surface area contributed by atoms with Gasteiger partial charge in [-0.1, -0.05) is 0 Å². The molecule has 2 N–H and O–H groups in total. The highest BCUT2D eigenvalue weighted by Crippen LogP contribution is 2.38. The number of carbonyl (C=O) groups excluding carboxylic acids is 1. The van der Waals surface area contributed by atoms with Crippen LogP contribution in [-0.2, 0) is 17.6 Å². The quantitative estimate of drug-likeness (QED) is 0.521. The van der Waals surface area contributed by atoms with Gasteiger partial charge in [0.05, 0.1) is 18.8 Å². The number of hydrogen-bond donors (Lipinski definition) is 2. The van der Waals surface area contributed by atoms with E-state index in [0.717, 1.165) is 47.7 Å². The second-order valence-corrected chi connectivity index (χ2v) is 7.69. The molecule has 0 spiro atoms. The van der Waals surface area contributed by atoms with Crippen LogP contribution in [0.15, 0.2) is 24.3 Å². The Morgan fingerprint density at radius 2 is 1.85 bits per heavy atom. The maximum absolute atomic E-state index is 12.5. The zero-order chi connectivity index (χ0) is 19.2. The predicted octanol–water partition coefficient (Wildman–Crippen LogP) is 5.01. The number of rotatable bonds is 6. The van der Waals surface area contributed by atoms with Crippen LogP contribution in [0.1, 0.15) is 47.5 Å². The zero-order valence-electron chi connectivity index (χ0n) is 15.6. The van der Waals surface area contributed by atoms with E-state index in [1.807, 2.05) is 38.1 Å². The summed E-state index contributed by atoms with van der Waals surface area (Å²) in [7, 11) is 0. The Morgan fingerprint density at radius 3 is 2.56 bits per heavy atom. The molecule has 0 saturated carbocycles. The lowest BCUT2D eigenvalue weighted by atomic mass is 9.95. The standard InChI is InChI=1S/C20H24N2O3S2/c1-3-24-14-11-9-13(10-12-14)21-20(26)22-18-17(19(23)25-4-2)15-7-5-6-8-16(15)27-18/h9-12H,3-8H2,1-2H3,(H2,21,22,26). The lowest BCUT2D eigenvalue weighted by Crippen LogP contribution is -2.20. The van der Waals surface area contributed by atoms with Crippen molar-refractivity contribution in [3.8, 4) is 5.75 Å². The van der Waals surface area contributed by atoms with Gasteiger partial charge in [0, 0.05) is 10.6 Å². The molecular formula is C20H24N2O3S2. The van der Waals surface area contributed by atoms with Crippen molar-refractivity contribution in [2.24, 2.45) is 0 Å². The maximum atomic E-state index is 12.5. The van der Waals surface area contributed by atoms with Gasteiger partial charge in [0.25, 0.3) is 0 Å². The molecule has 0 aliphatic heterocycles. The van der Waals surface area contributed by atoms with Crippen molar-refractivity contribution in [2.75, 3.05) is 23.8 Å². The van der Waals surface area contributed by atoms with Crippen LogP contribution >= 0.6 is 23.6 Å². The van der Waals surface area contributed by atoms with Crippen LogP contribution in [0.25, 0.3) is 0 Å². The van der Waals surface area contributed by atoms with E-state index < -0.39 is 0 Å². The zero-order valence-corrected chi connectivity index (χ0v) is 17.2. The molecule has 2 aromatic rings. The summed E-state index contributed by atoms with van der Waals surface area (Å²) in [5, 5.41) is 7.57. The molecule has 1 aromatic heterocycles. The average Bonchev–Trinajstić information content (AvgIpc) is 3.01. The fourth-order valence-electron chi connectivity index (χ4n) is 3.14. The van der Waals surface area contributed by atoms with Gasteiger partial charge in [0.2, 0.25) is 0 Å². The lowest BCUT2D eigenvalue weighted by Gasteiger charge is -2.13. The van der Waals surface area contributed by atoms with Crippen LogP contribution in [0.2, 0.25) is 0 Å². The summed E-state index contributed by atoms with van der Waals surface area (Å²) in [4.78, 5) is 13.8. The Morgan fingerprint density at radius 1 is 1.11 bits per heavy atom. The number of thiophene rings is 1. The molecule has 1 heterocycles. The Labute approximate surface area is 169 Å². The molecule has 7 heteroatoms. The van der Waals surface area contributed by atoms with Gasteiger partial charge < -0.3 is 20.1 Å². The lowest BCUT2D eigenvalue weighted by molar-refractivity contribution is 0.0526. The van der Waals surface area contributed by atoms with E-state index in [0.29, 0.717) is 23.9 Å². The summed E-state index contributed by atoms with van der Waals surface area (Å²) in [5.41, 5.74) is 2.62. The minimum Gasteiger partial charge on any atom is -0.494 e. The minimum atomic E-state index is -0.275. The van der Waals surface area contributed by atoms with E-state index in [1.54, 1.807) is 11.3 Å². The number of fused-ring (bicyclic) bond motifs is 1. The number of thiocarbonyl (C=S) groups is 1. The number of nitrogens with one attached hydrogen (secondary N) is 2. The van der Waals surface area contributed by atoms with Gasteiger partial charge in [-0.05, 0) is 81.6 Å². The van der Waals surface area contributed by atoms with E-state index in [2.05, 4.69) is 10.6 Å². The molecule has 0 bridgehead atoms. The molecular weight excluding hydrogens is 380 g/mol. The molecule has 0 saturated heterocycles. The smallest absolute Gasteiger partial charge is 0.341 e. The van der Waals surface area contributed by atoms with Crippen LogP contribution in [0, 0.1) is 0 Å². The van der Waals surface area contributed by atoms with Crippen LogP contribution in [-0.4, -0.2) is 24.3 Å². The van der Waals surface area contributed by atoms with E-state index in [4.69, 9.17) is 21.7 Å². The third-order valence-corrected chi connectivity index (χ3v) is 5.71. The fraction of sp³-hybridized carbons (Fsp3) is 0.400. The third kappa shape index (κ3) is 4.78. The van der Waals surface area contributed by atoms with Crippen LogP contribution in [0.5, 0.6) is 5.75 Å². The number of hydrogen-bond acceptors (Lipinski definition) is 5. The van der Waals surface area contributed by atoms with Crippen molar-refractivity contribution >= 4 is 45.3 Å². The molecule has 5 nitrogen and oxygen atoms in total. The number of esters is 1. The SMILES string of the molecule is CCOC(=O)c1c(NC(=S)Nc2ccc(OCC)cc2)sc2c1CCCC2. The molecule has 0 fully saturated rings. The van der Waals surface area contributed by atoms with Gasteiger partial charge in [-0.2, -0.15) is 0 Å². The molecule has 1 aromatic carbocycles. The average molecular weight is 405 g/mol. The highest BCUT2D eigenvalue weighted by Gasteiger charge is 2.26. The first-order valence-corrected chi connectivity index (χ1v) is 10.5. The predicted molar refractivity (Wildman–Crippen MR) is 114 cm³/mol. The second-order valence-electron chi connectivity index (χ2n) is 6.17. The summed E-state index contributed by atoms with van der Waals surface area (Å²) < 4.78 is 10.7. The number of carbonyl (C=O) groups is 1. The second kappa shape index (κ2) is 9.19. The van der Waals surface area contributed by atoms with E-state index in [9.17, 15) is 4.79 Å². The van der Waals surface area contributed by atoms with Crippen molar-refractivity contribution in [3.63, 3.8) is 0 Å². The van der Waals surface area contributed by atoms with E-state index >= 15 is 0 Å². The molecule has 0 amide bonds. The van der Waals surface area contributed by atoms with Gasteiger partial charge in [-0.15, -0.1) is 11.3 Å². The number of ether oxygens (including phenoxy) is 2. The largest absolute Gasteiger partial charge is 0.494 e. The maximum Gasteiger partial charge on any atom is 0.341 e. The Hall–Kier alpha value is -2.12. The van der Waals surface area contributed by atoms with Crippen molar-refractivity contribution < 1.29 is 14.3 Å². The van der Waals surface area contributed by atoms with E-state index in [1.165, 1.54) is 4.88 Å². The Balaban J connectivity index is 1.75. The number of benzene rings is 1. The third-order valence-electron chi connectivity index (χ3n) is 4.30. The van der Waals surface area contributed by atoms with Gasteiger partial charge >= 0.3 is 5.97 Å². The van der Waals surface area contributed by atoms with Gasteiger partial charge in [-0.3, -0.25) is 0 Å². The molecule has 144 valence electrons. The highest BCUT2D eigenvalue weighted by molar-refractivity contribution is 7.80. The van der Waals surface area contributed by atoms with E-state index in [-0.39, 0.29) is 5.97 Å². The number of aryl methyl sites for hydroxylation is 1. The summed E-state index contributed by atoms with van der Waals surface area (Å²) in [5.74, 6) is 0.542. The summed E-state index contributed by atoms with van der Waals surface area (Å²) >= 11 is 7.06. The van der Waals surface area contributed by atoms with Crippen molar-refractivity contribution in [3.05, 3.63) is 40.3 Å². The Kier molecular flexibility index (Phi) is 6.68. The molecule has 1 aliphatic rings. The van der Waals surface area contributed by atoms with Gasteiger partial charge in [0.1, 0.15) is 10.8 Å². The van der Waals surface area contributed by atoms with Crippen molar-refractivity contribution in [2.45, 2.75) is 39.5 Å². The van der Waals surface area contributed by atoms with Crippen LogP contribution in [0.4, 0.5) is 10.7 Å². The normalized spacial score (nSPS) is 12.8. The number of anilines is 2. The first-order valence-electron chi connectivity index (χ1n) is 9.24. The summed E-state index contributed by atoms with van der Waals surface area (Å²) in [6, 6.07) is 7.60. The van der Waals surface area contributed by atoms with Gasteiger partial charge in [0.15, 0.2) is 5.11 Å². The summed E-state index contributed by atoms with van der Waals surface area (Å²) in [6.07, 6.45) is 4.18. The van der Waals surface area contributed by atoms with Crippen LogP contribution < -0.4 is 15.4 Å². The molecule has 1 aliphatic carbocycles. The Bertz CT molecular complexity index is 815. The molecule has 0 unspecified atom stereocenters. The molecule has 3 rings (SSSR count). The first kappa shape index (κ1) is 19.6. The fourth-order valence-corrected chi connectivity index (χ4v) is 4.71. The molecule has 0 radical (unpaired) electrons. The molecule has 27 heavy (non-hydrogen) atoms. The topological polar surface area (TPSA) is 59.6 Å². The first-order chi connectivity index (χ1) is 13.1. The van der Waals surface area contributed by atoms with Crippen molar-refractivity contribution in [1.82, 2.24) is 0 Å². The monoisotopic (exact) mass is 404 g/mol. The summed E-state index contributed by atoms with van der Waals surface area (Å²) in [6.45, 7) is 4.76. The van der Waals surface area contributed by atoms with Crippen LogP contribution in [0.3, 0.4) is 0 Å².